The maximum absolute atomic E-state index is 13.8. The molecule has 1 fully saturated rings. The number of amides is 1. The van der Waals surface area contributed by atoms with Crippen molar-refractivity contribution in [2.45, 2.75) is 49.6 Å². The first kappa shape index (κ1) is 41.9. The number of benzene rings is 2. The molecule has 1 saturated heterocycles. The molecule has 17 nitrogen and oxygen atoms in total. The van der Waals surface area contributed by atoms with Crippen LogP contribution in [0.4, 0.5) is 19.3 Å². The third-order valence-electron chi connectivity index (χ3n) is 7.76. The lowest BCUT2D eigenvalue weighted by Crippen LogP contribution is -2.62. The molecular weight excluding hydrogens is 768 g/mol. The lowest BCUT2D eigenvalue weighted by Gasteiger charge is -2.47. The lowest BCUT2D eigenvalue weighted by atomic mass is 9.94. The molecule has 0 unspecified atom stereocenters. The highest BCUT2D eigenvalue weighted by molar-refractivity contribution is 7.89. The molecule has 0 aliphatic carbocycles. The minimum atomic E-state index is -4.28. The van der Waals surface area contributed by atoms with Crippen LogP contribution in [0.3, 0.4) is 0 Å². The minimum Gasteiger partial charge on any atom is -0.467 e. The molecule has 0 spiro atoms. The largest absolute Gasteiger partial charge is 0.467 e. The molecule has 2 heterocycles. The van der Waals surface area contributed by atoms with Crippen LogP contribution in [0.1, 0.15) is 41.9 Å². The first-order chi connectivity index (χ1) is 25.5. The number of hydrogen-bond acceptors (Lipinski definition) is 15. The quantitative estimate of drug-likeness (QED) is 0.0621. The summed E-state index contributed by atoms with van der Waals surface area (Å²) in [6, 6.07) is 6.00. The van der Waals surface area contributed by atoms with Crippen LogP contribution in [0.25, 0.3) is 0 Å². The molecular formula is C33H36ClF2N3O14S. The van der Waals surface area contributed by atoms with Crippen molar-refractivity contribution in [3.05, 3.63) is 82.3 Å². The molecule has 3 aromatic rings. The smallest absolute Gasteiger partial charge is 0.413 e. The number of furan rings is 1. The second-order valence-electron chi connectivity index (χ2n) is 11.6. The first-order valence-corrected chi connectivity index (χ1v) is 17.9. The number of rotatable bonds is 16. The number of carbonyl (C=O) groups excluding carboxylic acids is 4. The predicted octanol–water partition coefficient (Wildman–Crippen LogP) is 3.17. The van der Waals surface area contributed by atoms with Crippen molar-refractivity contribution in [2.24, 2.45) is 5.14 Å². The standard InChI is InChI=1S/C33H36ClF2N3O14S/c1-19-17-53-33(44,21-10-22(35)12-23(36)11-21)20(2)39(19)32(43)52-18-51-30(41)15-29(40)49-8-6-47-7-9-50-31(42)25-13-28(54(37,45)46)26(34)14-27(25)38-16-24-4-3-5-48-24/h3-5,10-14,19-20,38,44H,6-9,15-18H2,1-2H3,(H2,37,45,46)/t19-,20+,33-/m1/s1. The van der Waals surface area contributed by atoms with Gasteiger partial charge >= 0.3 is 24.0 Å². The number of esters is 3. The molecule has 4 rings (SSSR count). The van der Waals surface area contributed by atoms with Gasteiger partial charge in [0.15, 0.2) is 0 Å². The molecule has 294 valence electrons. The number of anilines is 1. The highest BCUT2D eigenvalue weighted by atomic mass is 35.5. The Kier molecular flexibility index (Phi) is 14.3. The van der Waals surface area contributed by atoms with E-state index in [1.165, 1.54) is 19.3 Å². The molecule has 4 N–H and O–H groups in total. The maximum Gasteiger partial charge on any atom is 0.413 e. The fourth-order valence-corrected chi connectivity index (χ4v) is 6.25. The first-order valence-electron chi connectivity index (χ1n) is 16.0. The molecule has 21 heteroatoms. The second kappa shape index (κ2) is 18.5. The predicted molar refractivity (Wildman–Crippen MR) is 180 cm³/mol. The van der Waals surface area contributed by atoms with Crippen LogP contribution in [-0.2, 0) is 60.4 Å². The van der Waals surface area contributed by atoms with E-state index in [0.717, 1.165) is 23.1 Å². The van der Waals surface area contributed by atoms with E-state index in [-0.39, 0.29) is 61.4 Å². The Morgan fingerprint density at radius 3 is 2.31 bits per heavy atom. The molecule has 54 heavy (non-hydrogen) atoms. The van der Waals surface area contributed by atoms with Crippen LogP contribution < -0.4 is 10.5 Å². The zero-order valence-corrected chi connectivity index (χ0v) is 30.3. The normalized spacial score (nSPS) is 18.5. The van der Waals surface area contributed by atoms with Crippen molar-refractivity contribution >= 4 is 51.3 Å². The van der Waals surface area contributed by atoms with Gasteiger partial charge in [-0.25, -0.2) is 31.9 Å². The van der Waals surface area contributed by atoms with Gasteiger partial charge in [0.2, 0.25) is 22.6 Å². The van der Waals surface area contributed by atoms with E-state index in [9.17, 15) is 41.5 Å². The van der Waals surface area contributed by atoms with Gasteiger partial charge in [0.1, 0.15) is 41.9 Å². The van der Waals surface area contributed by atoms with Gasteiger partial charge in [-0.3, -0.25) is 14.5 Å². The summed E-state index contributed by atoms with van der Waals surface area (Å²) in [6.45, 7) is 1.04. The highest BCUT2D eigenvalue weighted by Crippen LogP contribution is 2.36. The van der Waals surface area contributed by atoms with Gasteiger partial charge in [-0.2, -0.15) is 0 Å². The fraction of sp³-hybridized carbons (Fsp3) is 0.394. The summed E-state index contributed by atoms with van der Waals surface area (Å²) < 4.78 is 87.3. The number of hydrogen-bond donors (Lipinski definition) is 3. The van der Waals surface area contributed by atoms with Gasteiger partial charge in [-0.15, -0.1) is 0 Å². The van der Waals surface area contributed by atoms with Gasteiger partial charge in [-0.1, -0.05) is 11.6 Å². The van der Waals surface area contributed by atoms with Crippen LogP contribution in [0.15, 0.2) is 58.0 Å². The summed E-state index contributed by atoms with van der Waals surface area (Å²) >= 11 is 6.07. The number of halogens is 3. The molecule has 1 amide bonds. The summed E-state index contributed by atoms with van der Waals surface area (Å²) in [4.78, 5) is 50.3. The Morgan fingerprint density at radius 2 is 1.67 bits per heavy atom. The molecule has 1 aromatic heterocycles. The van der Waals surface area contributed by atoms with E-state index in [1.54, 1.807) is 19.1 Å². The third-order valence-corrected chi connectivity index (χ3v) is 9.14. The van der Waals surface area contributed by atoms with E-state index in [1.807, 2.05) is 0 Å². The van der Waals surface area contributed by atoms with E-state index < -0.39 is 81.6 Å². The monoisotopic (exact) mass is 803 g/mol. The topological polar surface area (TPSA) is 232 Å². The van der Waals surface area contributed by atoms with E-state index >= 15 is 0 Å². The van der Waals surface area contributed by atoms with Crippen LogP contribution in [0, 0.1) is 11.6 Å². The number of ether oxygens (including phenoxy) is 6. The summed E-state index contributed by atoms with van der Waals surface area (Å²) in [6.07, 6.45) is -0.443. The highest BCUT2D eigenvalue weighted by Gasteiger charge is 2.49. The zero-order chi connectivity index (χ0) is 39.6. The zero-order valence-electron chi connectivity index (χ0n) is 28.8. The van der Waals surface area contributed by atoms with E-state index in [4.69, 9.17) is 49.6 Å². The summed E-state index contributed by atoms with van der Waals surface area (Å²) in [5.41, 5.74) is -0.298. The fourth-order valence-electron chi connectivity index (χ4n) is 5.15. The van der Waals surface area contributed by atoms with Gasteiger partial charge in [0, 0.05) is 11.6 Å². The van der Waals surface area contributed by atoms with Crippen LogP contribution in [0.2, 0.25) is 5.02 Å². The Labute approximate surface area is 312 Å². The number of nitrogens with two attached hydrogens (primary N) is 1. The number of aliphatic hydroxyl groups is 1. The van der Waals surface area contributed by atoms with Crippen LogP contribution >= 0.6 is 11.6 Å². The minimum absolute atomic E-state index is 0.135. The van der Waals surface area contributed by atoms with Crippen molar-refractivity contribution in [3.8, 4) is 0 Å². The van der Waals surface area contributed by atoms with Gasteiger partial charge < -0.3 is 43.3 Å². The Hall–Kier alpha value is -4.86. The summed E-state index contributed by atoms with van der Waals surface area (Å²) in [7, 11) is -4.28. The number of nitrogens with one attached hydrogen (secondary N) is 1. The average molecular weight is 804 g/mol. The second-order valence-corrected chi connectivity index (χ2v) is 13.5. The average Bonchev–Trinajstić information content (AvgIpc) is 3.61. The van der Waals surface area contributed by atoms with Gasteiger partial charge in [0.25, 0.3) is 0 Å². The van der Waals surface area contributed by atoms with E-state index in [2.05, 4.69) is 5.32 Å². The Morgan fingerprint density at radius 1 is 1.00 bits per heavy atom. The van der Waals surface area contributed by atoms with Crippen molar-refractivity contribution in [2.75, 3.05) is 45.1 Å². The van der Waals surface area contributed by atoms with Crippen molar-refractivity contribution in [1.29, 1.82) is 0 Å². The Bertz CT molecular complexity index is 1910. The van der Waals surface area contributed by atoms with Crippen molar-refractivity contribution in [1.82, 2.24) is 4.90 Å². The van der Waals surface area contributed by atoms with Crippen molar-refractivity contribution < 1.29 is 74.3 Å². The van der Waals surface area contributed by atoms with Crippen molar-refractivity contribution in [3.63, 3.8) is 0 Å². The molecule has 2 aromatic carbocycles. The Balaban J connectivity index is 1.15. The summed E-state index contributed by atoms with van der Waals surface area (Å²) in [5, 5.41) is 19.0. The number of morpholine rings is 1. The molecule has 0 saturated carbocycles. The van der Waals surface area contributed by atoms with Gasteiger partial charge in [-0.05, 0) is 50.2 Å². The van der Waals surface area contributed by atoms with Gasteiger partial charge in [0.05, 0.1) is 61.0 Å². The lowest BCUT2D eigenvalue weighted by molar-refractivity contribution is -0.280. The third kappa shape index (κ3) is 11.1. The molecule has 1 aliphatic rings. The number of nitrogens with zero attached hydrogens (tertiary/aromatic N) is 1. The maximum atomic E-state index is 13.8. The number of sulfonamides is 1. The number of carbonyl (C=O) groups is 4. The molecule has 1 aliphatic heterocycles. The molecule has 3 atom stereocenters. The number of primary sulfonamides is 1. The molecule has 0 bridgehead atoms. The summed E-state index contributed by atoms with van der Waals surface area (Å²) in [5.74, 6) is -6.72. The van der Waals surface area contributed by atoms with Crippen LogP contribution in [-0.4, -0.2) is 94.3 Å². The SMILES string of the molecule is C[C@@H]1CO[C@@](O)(c2cc(F)cc(F)c2)[C@H](C)N1C(=O)OCOC(=O)CC(=O)OCCOCCOC(=O)c1cc(S(N)(=O)=O)c(Cl)cc1NCc1ccco1. The van der Waals surface area contributed by atoms with E-state index in [0.29, 0.717) is 11.8 Å². The van der Waals surface area contributed by atoms with Crippen LogP contribution in [0.5, 0.6) is 0 Å². The molecule has 0 radical (unpaired) electrons.